The molecule has 0 atom stereocenters. The molecule has 70 valence electrons. The minimum Gasteiger partial charge on any atom is -0.392 e. The number of nitriles is 1. The summed E-state index contributed by atoms with van der Waals surface area (Å²) in [5.74, 6) is 0. The summed E-state index contributed by atoms with van der Waals surface area (Å²) >= 11 is 5.83. The molecule has 2 rings (SSSR count). The van der Waals surface area contributed by atoms with Gasteiger partial charge in [-0.15, -0.1) is 24.0 Å². The van der Waals surface area contributed by atoms with E-state index >= 15 is 0 Å². The summed E-state index contributed by atoms with van der Waals surface area (Å²) in [4.78, 5) is 0.754. The molecule has 2 aromatic rings. The second-order valence-corrected chi connectivity index (χ2v) is 4.29. The van der Waals surface area contributed by atoms with Gasteiger partial charge < -0.3 is 5.11 Å². The summed E-state index contributed by atoms with van der Waals surface area (Å²) in [6, 6.07) is 5.62. The molecule has 1 heterocycles. The maximum Gasteiger partial charge on any atom is 0.0992 e. The highest BCUT2D eigenvalue weighted by atomic mass is 32.1. The first kappa shape index (κ1) is 9.53. The molecule has 0 unspecified atom stereocenters. The fraction of sp³-hybridized carbons (Fsp3) is 0.100. The summed E-state index contributed by atoms with van der Waals surface area (Å²) in [6.45, 7) is 0.0134. The van der Waals surface area contributed by atoms with Crippen molar-refractivity contribution in [1.82, 2.24) is 0 Å². The third-order valence-corrected chi connectivity index (χ3v) is 3.36. The number of nitrogens with zero attached hydrogens (tertiary/aromatic N) is 1. The van der Waals surface area contributed by atoms with Gasteiger partial charge in [0, 0.05) is 15.0 Å². The molecular formula is C10H7NOS2. The highest BCUT2D eigenvalue weighted by Crippen LogP contribution is 2.32. The predicted molar refractivity (Wildman–Crippen MR) is 59.7 cm³/mol. The van der Waals surface area contributed by atoms with Crippen LogP contribution in [0.4, 0.5) is 0 Å². The molecular weight excluding hydrogens is 214 g/mol. The highest BCUT2D eigenvalue weighted by Gasteiger charge is 2.07. The van der Waals surface area contributed by atoms with Crippen molar-refractivity contribution in [3.05, 3.63) is 28.6 Å². The highest BCUT2D eigenvalue weighted by molar-refractivity contribution is 7.80. The van der Waals surface area contributed by atoms with Crippen molar-refractivity contribution in [1.29, 1.82) is 5.26 Å². The van der Waals surface area contributed by atoms with Gasteiger partial charge in [-0.25, -0.2) is 0 Å². The molecule has 0 aliphatic rings. The molecule has 0 saturated carbocycles. The lowest BCUT2D eigenvalue weighted by atomic mass is 10.1. The first-order valence-electron chi connectivity index (χ1n) is 4.00. The van der Waals surface area contributed by atoms with Crippen LogP contribution >= 0.6 is 24.0 Å². The number of hydrogen-bond donors (Lipinski definition) is 2. The molecule has 0 amide bonds. The Bertz CT molecular complexity index is 525. The van der Waals surface area contributed by atoms with Crippen LogP contribution in [0.15, 0.2) is 22.4 Å². The van der Waals surface area contributed by atoms with Crippen molar-refractivity contribution in [2.75, 3.05) is 0 Å². The molecule has 0 bridgehead atoms. The molecule has 1 aromatic carbocycles. The largest absolute Gasteiger partial charge is 0.392 e. The van der Waals surface area contributed by atoms with Crippen LogP contribution in [0.3, 0.4) is 0 Å². The van der Waals surface area contributed by atoms with Gasteiger partial charge in [0.2, 0.25) is 0 Å². The number of benzene rings is 1. The molecule has 1 aromatic heterocycles. The van der Waals surface area contributed by atoms with Gasteiger partial charge >= 0.3 is 0 Å². The Kier molecular flexibility index (Phi) is 2.46. The van der Waals surface area contributed by atoms with Crippen LogP contribution in [0.2, 0.25) is 0 Å². The van der Waals surface area contributed by atoms with Gasteiger partial charge in [0.15, 0.2) is 0 Å². The van der Waals surface area contributed by atoms with E-state index < -0.39 is 0 Å². The third kappa shape index (κ3) is 1.40. The van der Waals surface area contributed by atoms with Crippen molar-refractivity contribution >= 4 is 34.1 Å². The Morgan fingerprint density at radius 2 is 2.29 bits per heavy atom. The summed E-state index contributed by atoms with van der Waals surface area (Å²) in [5.41, 5.74) is 1.48. The lowest BCUT2D eigenvalue weighted by Crippen LogP contribution is -1.82. The number of aliphatic hydroxyl groups excluding tert-OH is 1. The zero-order valence-electron chi connectivity index (χ0n) is 7.19. The van der Waals surface area contributed by atoms with Gasteiger partial charge in [0.1, 0.15) is 0 Å². The van der Waals surface area contributed by atoms with Crippen molar-refractivity contribution in [3.8, 4) is 6.07 Å². The standard InChI is InChI=1S/C10H7NOS2/c11-3-6-1-8(13)10-7(4-12)5-14-9(10)2-6/h1-2,5,12-13H,4H2. The van der Waals surface area contributed by atoms with Gasteiger partial charge in [-0.1, -0.05) is 0 Å². The van der Waals surface area contributed by atoms with E-state index in [1.165, 1.54) is 11.3 Å². The van der Waals surface area contributed by atoms with E-state index in [1.807, 2.05) is 11.4 Å². The zero-order chi connectivity index (χ0) is 10.1. The second kappa shape index (κ2) is 3.62. The number of thiophene rings is 1. The maximum atomic E-state index is 9.08. The number of thiol groups is 1. The van der Waals surface area contributed by atoms with Gasteiger partial charge in [0.05, 0.1) is 18.2 Å². The SMILES string of the molecule is N#Cc1cc(S)c2c(CO)csc2c1. The van der Waals surface area contributed by atoms with Crippen LogP contribution in [0.1, 0.15) is 11.1 Å². The van der Waals surface area contributed by atoms with Crippen molar-refractivity contribution in [2.45, 2.75) is 11.5 Å². The Morgan fingerprint density at radius 1 is 1.50 bits per heavy atom. The summed E-state index contributed by atoms with van der Waals surface area (Å²) in [7, 11) is 0. The zero-order valence-corrected chi connectivity index (χ0v) is 8.90. The maximum absolute atomic E-state index is 9.08. The normalized spacial score (nSPS) is 10.4. The van der Waals surface area contributed by atoms with Crippen molar-refractivity contribution in [2.24, 2.45) is 0 Å². The molecule has 0 spiro atoms. The quantitative estimate of drug-likeness (QED) is 0.727. The fourth-order valence-corrected chi connectivity index (χ4v) is 2.89. The minimum atomic E-state index is 0.0134. The summed E-state index contributed by atoms with van der Waals surface area (Å²) in [6.07, 6.45) is 0. The molecule has 0 aliphatic carbocycles. The van der Waals surface area contributed by atoms with E-state index in [-0.39, 0.29) is 6.61 Å². The molecule has 0 saturated heterocycles. The molecule has 4 heteroatoms. The smallest absolute Gasteiger partial charge is 0.0992 e. The lowest BCUT2D eigenvalue weighted by Gasteiger charge is -1.99. The Morgan fingerprint density at radius 3 is 2.93 bits per heavy atom. The monoisotopic (exact) mass is 221 g/mol. The molecule has 0 fully saturated rings. The van der Waals surface area contributed by atoms with Crippen LogP contribution in [0.25, 0.3) is 10.1 Å². The molecule has 2 nitrogen and oxygen atoms in total. The van der Waals surface area contributed by atoms with Crippen molar-refractivity contribution in [3.63, 3.8) is 0 Å². The number of fused-ring (bicyclic) bond motifs is 1. The lowest BCUT2D eigenvalue weighted by molar-refractivity contribution is 0.283. The first-order chi connectivity index (χ1) is 6.76. The summed E-state index contributed by atoms with van der Waals surface area (Å²) in [5, 5.41) is 20.7. The van der Waals surface area contributed by atoms with Crippen molar-refractivity contribution < 1.29 is 5.11 Å². The van der Waals surface area contributed by atoms with E-state index in [0.29, 0.717) is 5.56 Å². The third-order valence-electron chi connectivity index (χ3n) is 2.03. The number of aliphatic hydroxyl groups is 1. The minimum absolute atomic E-state index is 0.0134. The fourth-order valence-electron chi connectivity index (χ4n) is 1.39. The predicted octanol–water partition coefficient (Wildman–Crippen LogP) is 2.55. The van der Waals surface area contributed by atoms with Gasteiger partial charge in [-0.2, -0.15) is 5.26 Å². The van der Waals surface area contributed by atoms with Gasteiger partial charge in [0.25, 0.3) is 0 Å². The van der Waals surface area contributed by atoms with Crippen LogP contribution in [0.5, 0.6) is 0 Å². The summed E-state index contributed by atoms with van der Waals surface area (Å²) < 4.78 is 0.998. The van der Waals surface area contributed by atoms with Crippen LogP contribution in [-0.4, -0.2) is 5.11 Å². The van der Waals surface area contributed by atoms with E-state index in [0.717, 1.165) is 20.5 Å². The van der Waals surface area contributed by atoms with E-state index in [4.69, 9.17) is 10.4 Å². The number of hydrogen-bond acceptors (Lipinski definition) is 4. The van der Waals surface area contributed by atoms with E-state index in [2.05, 4.69) is 18.7 Å². The molecule has 14 heavy (non-hydrogen) atoms. The second-order valence-electron chi connectivity index (χ2n) is 2.90. The van der Waals surface area contributed by atoms with Crippen LogP contribution < -0.4 is 0 Å². The topological polar surface area (TPSA) is 44.0 Å². The van der Waals surface area contributed by atoms with Crippen LogP contribution in [0, 0.1) is 11.3 Å². The average molecular weight is 221 g/mol. The first-order valence-corrected chi connectivity index (χ1v) is 5.33. The van der Waals surface area contributed by atoms with Gasteiger partial charge in [-0.3, -0.25) is 0 Å². The Labute approximate surface area is 90.8 Å². The van der Waals surface area contributed by atoms with Crippen LogP contribution in [-0.2, 0) is 6.61 Å². The Hall–Kier alpha value is -1.02. The van der Waals surface area contributed by atoms with Gasteiger partial charge in [-0.05, 0) is 23.1 Å². The number of rotatable bonds is 1. The molecule has 0 radical (unpaired) electrons. The average Bonchev–Trinajstić information content (AvgIpc) is 2.61. The Balaban J connectivity index is 2.80. The molecule has 0 aliphatic heterocycles. The molecule has 1 N–H and O–H groups in total. The van der Waals surface area contributed by atoms with E-state index in [1.54, 1.807) is 6.07 Å². The van der Waals surface area contributed by atoms with E-state index in [9.17, 15) is 0 Å².